The standard InChI is InChI=1S/C28H35N7O2S2/c1-4-21-7-5-6-16(2)24(21)35-22(32-34-27(35)38-15-23(36)30-26-33-31-17(3)39-26)14-29-25(37)28-11-18-8-19(12-28)10-20(9-18)13-28/h5-7,18-20H,4,8-15H2,1-3H3,(H,29,37)(H,30,33,36). The number of benzene rings is 1. The molecule has 4 aliphatic rings. The summed E-state index contributed by atoms with van der Waals surface area (Å²) in [5.41, 5.74) is 3.07. The summed E-state index contributed by atoms with van der Waals surface area (Å²) < 4.78 is 2.03. The lowest BCUT2D eigenvalue weighted by atomic mass is 9.49. The van der Waals surface area contributed by atoms with E-state index in [1.54, 1.807) is 0 Å². The molecule has 4 bridgehead atoms. The maximum absolute atomic E-state index is 13.7. The van der Waals surface area contributed by atoms with Crippen molar-refractivity contribution in [1.82, 2.24) is 30.3 Å². The maximum atomic E-state index is 13.7. The highest BCUT2D eigenvalue weighted by molar-refractivity contribution is 7.99. The Hall–Kier alpha value is -2.79. The predicted molar refractivity (Wildman–Crippen MR) is 152 cm³/mol. The summed E-state index contributed by atoms with van der Waals surface area (Å²) in [6, 6.07) is 6.24. The second-order valence-corrected chi connectivity index (χ2v) is 13.6. The lowest BCUT2D eigenvalue weighted by Crippen LogP contribution is -2.53. The Balaban J connectivity index is 1.23. The van der Waals surface area contributed by atoms with E-state index in [0.29, 0.717) is 40.4 Å². The van der Waals surface area contributed by atoms with E-state index in [1.165, 1.54) is 47.9 Å². The molecule has 0 radical (unpaired) electrons. The van der Waals surface area contributed by atoms with Gasteiger partial charge >= 0.3 is 0 Å². The molecule has 0 saturated heterocycles. The summed E-state index contributed by atoms with van der Waals surface area (Å²) in [5, 5.41) is 24.9. The summed E-state index contributed by atoms with van der Waals surface area (Å²) >= 11 is 2.67. The molecule has 39 heavy (non-hydrogen) atoms. The quantitative estimate of drug-likeness (QED) is 0.356. The molecule has 2 amide bonds. The van der Waals surface area contributed by atoms with Crippen LogP contribution in [-0.2, 0) is 22.6 Å². The average Bonchev–Trinajstić information content (AvgIpc) is 3.50. The normalized spacial score (nSPS) is 25.2. The lowest BCUT2D eigenvalue weighted by molar-refractivity contribution is -0.146. The molecular weight excluding hydrogens is 530 g/mol. The van der Waals surface area contributed by atoms with Crippen molar-refractivity contribution < 1.29 is 9.59 Å². The molecule has 0 aliphatic heterocycles. The highest BCUT2D eigenvalue weighted by Gasteiger charge is 2.54. The number of nitrogens with zero attached hydrogens (tertiary/aromatic N) is 5. The molecule has 4 aliphatic carbocycles. The first-order valence-corrected chi connectivity index (χ1v) is 15.7. The fourth-order valence-corrected chi connectivity index (χ4v) is 8.79. The summed E-state index contributed by atoms with van der Waals surface area (Å²) in [4.78, 5) is 26.3. The molecule has 206 valence electrons. The van der Waals surface area contributed by atoms with Crippen LogP contribution in [0.25, 0.3) is 5.69 Å². The second-order valence-electron chi connectivity index (χ2n) is 11.5. The van der Waals surface area contributed by atoms with Gasteiger partial charge in [-0.05, 0) is 87.7 Å². The van der Waals surface area contributed by atoms with E-state index in [0.717, 1.165) is 41.9 Å². The van der Waals surface area contributed by atoms with Crippen LogP contribution < -0.4 is 10.6 Å². The van der Waals surface area contributed by atoms with Crippen molar-refractivity contribution in [2.24, 2.45) is 23.2 Å². The molecule has 0 spiro atoms. The zero-order valence-electron chi connectivity index (χ0n) is 22.7. The van der Waals surface area contributed by atoms with Crippen molar-refractivity contribution in [2.75, 3.05) is 11.1 Å². The maximum Gasteiger partial charge on any atom is 0.236 e. The molecule has 0 unspecified atom stereocenters. The van der Waals surface area contributed by atoms with Gasteiger partial charge in [0.15, 0.2) is 11.0 Å². The van der Waals surface area contributed by atoms with Crippen LogP contribution in [0.4, 0.5) is 5.13 Å². The van der Waals surface area contributed by atoms with Gasteiger partial charge < -0.3 is 5.32 Å². The largest absolute Gasteiger partial charge is 0.348 e. The number of anilines is 1. The van der Waals surface area contributed by atoms with Crippen LogP contribution in [0.2, 0.25) is 0 Å². The van der Waals surface area contributed by atoms with Gasteiger partial charge in [-0.15, -0.1) is 20.4 Å². The zero-order valence-corrected chi connectivity index (χ0v) is 24.3. The minimum atomic E-state index is -0.213. The first-order chi connectivity index (χ1) is 18.8. The third-order valence-electron chi connectivity index (χ3n) is 8.66. The number of aromatic nitrogens is 5. The van der Waals surface area contributed by atoms with Gasteiger partial charge in [0.25, 0.3) is 0 Å². The molecule has 1 aromatic carbocycles. The van der Waals surface area contributed by atoms with Gasteiger partial charge in [0.2, 0.25) is 16.9 Å². The zero-order chi connectivity index (χ0) is 27.1. The highest BCUT2D eigenvalue weighted by Crippen LogP contribution is 2.60. The van der Waals surface area contributed by atoms with Gasteiger partial charge in [0, 0.05) is 5.41 Å². The van der Waals surface area contributed by atoms with E-state index in [9.17, 15) is 9.59 Å². The van der Waals surface area contributed by atoms with Crippen molar-refractivity contribution in [3.05, 3.63) is 40.2 Å². The number of carbonyl (C=O) groups excluding carboxylic acids is 2. The Kier molecular flexibility index (Phi) is 7.22. The van der Waals surface area contributed by atoms with E-state index in [1.807, 2.05) is 11.5 Å². The monoisotopic (exact) mass is 565 g/mol. The molecule has 2 N–H and O–H groups in total. The van der Waals surface area contributed by atoms with E-state index in [2.05, 4.69) is 63.1 Å². The smallest absolute Gasteiger partial charge is 0.236 e. The Morgan fingerprint density at radius 1 is 1.05 bits per heavy atom. The second kappa shape index (κ2) is 10.6. The third kappa shape index (κ3) is 5.23. The number of amides is 2. The summed E-state index contributed by atoms with van der Waals surface area (Å²) in [5.74, 6) is 2.97. The number of para-hydroxylation sites is 1. The Morgan fingerprint density at radius 2 is 1.77 bits per heavy atom. The van der Waals surface area contributed by atoms with Crippen LogP contribution in [0.3, 0.4) is 0 Å². The molecule has 7 rings (SSSR count). The molecule has 11 heteroatoms. The van der Waals surface area contributed by atoms with Gasteiger partial charge in [0.05, 0.1) is 18.0 Å². The molecule has 2 heterocycles. The minimum absolute atomic E-state index is 0.156. The van der Waals surface area contributed by atoms with Crippen LogP contribution in [0.1, 0.15) is 67.4 Å². The summed E-state index contributed by atoms with van der Waals surface area (Å²) in [6.45, 7) is 6.36. The van der Waals surface area contributed by atoms with Gasteiger partial charge in [0.1, 0.15) is 5.01 Å². The van der Waals surface area contributed by atoms with Crippen molar-refractivity contribution >= 4 is 40.0 Å². The molecular formula is C28H35N7O2S2. The number of rotatable bonds is 9. The SMILES string of the molecule is CCc1cccc(C)c1-n1c(CNC(=O)C23CC4CC(CC(C4)C2)C3)nnc1SCC(=O)Nc1nnc(C)s1. The molecule has 2 aromatic heterocycles. The number of hydrogen-bond donors (Lipinski definition) is 2. The van der Waals surface area contributed by atoms with E-state index < -0.39 is 0 Å². The number of aryl methyl sites for hydroxylation is 3. The summed E-state index contributed by atoms with van der Waals surface area (Å²) in [7, 11) is 0. The van der Waals surface area contributed by atoms with Crippen LogP contribution >= 0.6 is 23.1 Å². The third-order valence-corrected chi connectivity index (χ3v) is 10.3. The van der Waals surface area contributed by atoms with Crippen molar-refractivity contribution in [3.63, 3.8) is 0 Å². The molecule has 3 aromatic rings. The van der Waals surface area contributed by atoms with Crippen LogP contribution in [-0.4, -0.2) is 42.5 Å². The van der Waals surface area contributed by atoms with E-state index >= 15 is 0 Å². The van der Waals surface area contributed by atoms with Crippen molar-refractivity contribution in [3.8, 4) is 5.69 Å². The van der Waals surface area contributed by atoms with E-state index in [4.69, 9.17) is 0 Å². The Labute approximate surface area is 237 Å². The number of carbonyl (C=O) groups is 2. The first-order valence-electron chi connectivity index (χ1n) is 13.9. The number of thioether (sulfide) groups is 1. The minimum Gasteiger partial charge on any atom is -0.348 e. The van der Waals surface area contributed by atoms with E-state index in [-0.39, 0.29) is 23.0 Å². The number of nitrogens with one attached hydrogen (secondary N) is 2. The highest BCUT2D eigenvalue weighted by atomic mass is 32.2. The molecule has 9 nitrogen and oxygen atoms in total. The fraction of sp³-hybridized carbons (Fsp3) is 0.571. The van der Waals surface area contributed by atoms with Crippen LogP contribution in [0.5, 0.6) is 0 Å². The van der Waals surface area contributed by atoms with Crippen LogP contribution in [0.15, 0.2) is 23.4 Å². The number of hydrogen-bond acceptors (Lipinski definition) is 8. The van der Waals surface area contributed by atoms with Gasteiger partial charge in [-0.1, -0.05) is 48.2 Å². The first kappa shape index (κ1) is 26.4. The fourth-order valence-electron chi connectivity index (χ4n) is 7.43. The predicted octanol–water partition coefficient (Wildman–Crippen LogP) is 4.86. The molecule has 4 fully saturated rings. The van der Waals surface area contributed by atoms with Gasteiger partial charge in [-0.25, -0.2) is 0 Å². The Morgan fingerprint density at radius 3 is 2.41 bits per heavy atom. The average molecular weight is 566 g/mol. The molecule has 0 atom stereocenters. The summed E-state index contributed by atoms with van der Waals surface area (Å²) in [6.07, 6.45) is 7.84. The van der Waals surface area contributed by atoms with Crippen LogP contribution in [0, 0.1) is 37.0 Å². The van der Waals surface area contributed by atoms with Gasteiger partial charge in [-0.2, -0.15) is 0 Å². The van der Waals surface area contributed by atoms with Gasteiger partial charge in [-0.3, -0.25) is 19.5 Å². The lowest BCUT2D eigenvalue weighted by Gasteiger charge is -2.55. The molecule has 4 saturated carbocycles. The Bertz CT molecular complexity index is 1360. The topological polar surface area (TPSA) is 115 Å². The van der Waals surface area contributed by atoms with Crippen molar-refractivity contribution in [1.29, 1.82) is 0 Å². The van der Waals surface area contributed by atoms with Crippen molar-refractivity contribution in [2.45, 2.75) is 77.4 Å².